The summed E-state index contributed by atoms with van der Waals surface area (Å²) in [6, 6.07) is 0.881. The fourth-order valence-electron chi connectivity index (χ4n) is 2.78. The van der Waals surface area contributed by atoms with Crippen molar-refractivity contribution >= 4 is 22.7 Å². The normalized spacial score (nSPS) is 19.9. The Morgan fingerprint density at radius 1 is 1.25 bits per heavy atom. The Morgan fingerprint density at radius 2 is 2.10 bits per heavy atom. The summed E-state index contributed by atoms with van der Waals surface area (Å²) >= 11 is 3.64. The van der Waals surface area contributed by atoms with E-state index in [1.807, 2.05) is 11.3 Å². The average Bonchev–Trinajstić information content (AvgIpc) is 3.01. The van der Waals surface area contributed by atoms with E-state index in [1.54, 1.807) is 11.3 Å². The molecule has 2 heterocycles. The summed E-state index contributed by atoms with van der Waals surface area (Å²) in [4.78, 5) is 11.1. The van der Waals surface area contributed by atoms with E-state index in [9.17, 15) is 0 Å². The molecule has 1 saturated carbocycles. The van der Waals surface area contributed by atoms with Gasteiger partial charge in [-0.3, -0.25) is 0 Å². The number of hydrogen-bond acceptors (Lipinski definition) is 5. The Kier molecular flexibility index (Phi) is 3.36. The van der Waals surface area contributed by atoms with Gasteiger partial charge in [0.2, 0.25) is 0 Å². The minimum Gasteiger partial charge on any atom is -0.300 e. The van der Waals surface area contributed by atoms with E-state index in [-0.39, 0.29) is 6.04 Å². The van der Waals surface area contributed by atoms with E-state index < -0.39 is 0 Å². The molecule has 2 aromatic rings. The molecule has 1 N–H and O–H groups in total. The second-order valence-corrected chi connectivity index (χ2v) is 7.97. The minimum absolute atomic E-state index is 0.211. The first kappa shape index (κ1) is 12.9. The molecule has 0 aromatic carbocycles. The third-order valence-electron chi connectivity index (χ3n) is 4.02. The van der Waals surface area contributed by atoms with Crippen molar-refractivity contribution in [2.24, 2.45) is 0 Å². The van der Waals surface area contributed by atoms with Crippen LogP contribution in [0, 0.1) is 6.92 Å². The highest BCUT2D eigenvalue weighted by Gasteiger charge is 2.30. The molecular weight excluding hydrogens is 286 g/mol. The molecule has 3 nitrogen and oxygen atoms in total. The van der Waals surface area contributed by atoms with Crippen LogP contribution in [0.3, 0.4) is 0 Å². The Hall–Kier alpha value is -0.780. The Balaban J connectivity index is 1.67. The van der Waals surface area contributed by atoms with Gasteiger partial charge in [-0.15, -0.1) is 22.7 Å². The zero-order valence-corrected chi connectivity index (χ0v) is 13.3. The van der Waals surface area contributed by atoms with Gasteiger partial charge in [0.25, 0.3) is 0 Å². The van der Waals surface area contributed by atoms with Gasteiger partial charge in [0, 0.05) is 16.3 Å². The number of aromatic nitrogens is 2. The van der Waals surface area contributed by atoms with E-state index in [0.29, 0.717) is 6.04 Å². The maximum atomic E-state index is 4.94. The van der Waals surface area contributed by atoms with Crippen LogP contribution in [0.2, 0.25) is 0 Å². The zero-order chi connectivity index (χ0) is 13.5. The van der Waals surface area contributed by atoms with E-state index >= 15 is 0 Å². The first-order valence-electron chi connectivity index (χ1n) is 7.46. The molecule has 0 aliphatic heterocycles. The summed E-state index contributed by atoms with van der Waals surface area (Å²) < 4.78 is 0. The molecule has 1 unspecified atom stereocenters. The highest BCUT2D eigenvalue weighted by atomic mass is 32.1. The second kappa shape index (κ2) is 5.20. The van der Waals surface area contributed by atoms with Gasteiger partial charge in [-0.25, -0.2) is 9.97 Å². The lowest BCUT2D eigenvalue weighted by Gasteiger charge is -2.13. The third-order valence-corrected chi connectivity index (χ3v) is 6.04. The van der Waals surface area contributed by atoms with Gasteiger partial charge < -0.3 is 5.32 Å². The Morgan fingerprint density at radius 3 is 2.80 bits per heavy atom. The van der Waals surface area contributed by atoms with Gasteiger partial charge in [0.05, 0.1) is 16.4 Å². The van der Waals surface area contributed by atoms with Crippen molar-refractivity contribution in [1.82, 2.24) is 15.3 Å². The monoisotopic (exact) mass is 305 g/mol. The molecule has 2 aliphatic rings. The summed E-state index contributed by atoms with van der Waals surface area (Å²) in [5.41, 5.74) is 2.51. The number of nitrogens with one attached hydrogen (secondary N) is 1. The van der Waals surface area contributed by atoms with Crippen LogP contribution >= 0.6 is 22.7 Å². The van der Waals surface area contributed by atoms with Crippen molar-refractivity contribution in [1.29, 1.82) is 0 Å². The number of fused-ring (bicyclic) bond motifs is 1. The lowest BCUT2D eigenvalue weighted by molar-refractivity contribution is 0.583. The molecule has 2 aliphatic carbocycles. The highest BCUT2D eigenvalue weighted by Crippen LogP contribution is 2.35. The average molecular weight is 305 g/mol. The van der Waals surface area contributed by atoms with Crippen LogP contribution in [0.15, 0.2) is 5.38 Å². The molecule has 0 bridgehead atoms. The summed E-state index contributed by atoms with van der Waals surface area (Å²) in [5.74, 6) is 0. The molecule has 1 atom stereocenters. The molecule has 5 heteroatoms. The quantitative estimate of drug-likeness (QED) is 0.937. The summed E-state index contributed by atoms with van der Waals surface area (Å²) in [5, 5.41) is 8.30. The van der Waals surface area contributed by atoms with Crippen molar-refractivity contribution in [2.45, 2.75) is 57.5 Å². The summed E-state index contributed by atoms with van der Waals surface area (Å²) in [6.45, 7) is 2.08. The molecule has 106 valence electrons. The van der Waals surface area contributed by atoms with Gasteiger partial charge in [0.15, 0.2) is 0 Å². The smallest absolute Gasteiger partial charge is 0.116 e. The fourth-order valence-corrected chi connectivity index (χ4v) is 4.64. The maximum absolute atomic E-state index is 4.94. The van der Waals surface area contributed by atoms with Crippen molar-refractivity contribution in [3.05, 3.63) is 31.7 Å². The van der Waals surface area contributed by atoms with Crippen molar-refractivity contribution in [3.63, 3.8) is 0 Å². The Labute approximate surface area is 127 Å². The molecule has 20 heavy (non-hydrogen) atoms. The van der Waals surface area contributed by atoms with Crippen LogP contribution in [0.1, 0.15) is 58.0 Å². The summed E-state index contributed by atoms with van der Waals surface area (Å²) in [7, 11) is 0. The van der Waals surface area contributed by atoms with Crippen LogP contribution in [0.4, 0.5) is 0 Å². The number of hydrogen-bond donors (Lipinski definition) is 1. The van der Waals surface area contributed by atoms with E-state index in [2.05, 4.69) is 17.6 Å². The van der Waals surface area contributed by atoms with E-state index in [0.717, 1.165) is 17.1 Å². The largest absolute Gasteiger partial charge is 0.300 e. The molecular formula is C15H19N3S2. The predicted molar refractivity (Wildman–Crippen MR) is 83.6 cm³/mol. The maximum Gasteiger partial charge on any atom is 0.116 e. The molecule has 2 aromatic heterocycles. The van der Waals surface area contributed by atoms with E-state index in [4.69, 9.17) is 9.97 Å². The minimum atomic E-state index is 0.211. The number of nitrogens with zero attached hydrogens (tertiary/aromatic N) is 2. The standard InChI is InChI=1S/C15H19N3S2/c1-9-16-12(8-19-9)14(17-10-6-7-10)15-18-11-4-2-3-5-13(11)20-15/h8,10,14,17H,2-7H2,1H3. The lowest BCUT2D eigenvalue weighted by Crippen LogP contribution is -2.24. The fraction of sp³-hybridized carbons (Fsp3) is 0.600. The van der Waals surface area contributed by atoms with Gasteiger partial charge >= 0.3 is 0 Å². The first-order valence-corrected chi connectivity index (χ1v) is 9.16. The summed E-state index contributed by atoms with van der Waals surface area (Å²) in [6.07, 6.45) is 7.60. The highest BCUT2D eigenvalue weighted by molar-refractivity contribution is 7.12. The number of aryl methyl sites for hydroxylation is 3. The molecule has 1 fully saturated rings. The van der Waals surface area contributed by atoms with Gasteiger partial charge in [-0.1, -0.05) is 0 Å². The van der Waals surface area contributed by atoms with E-state index in [1.165, 1.54) is 47.7 Å². The van der Waals surface area contributed by atoms with Crippen molar-refractivity contribution < 1.29 is 0 Å². The zero-order valence-electron chi connectivity index (χ0n) is 11.7. The van der Waals surface area contributed by atoms with Crippen LogP contribution in [0.5, 0.6) is 0 Å². The van der Waals surface area contributed by atoms with Gasteiger partial charge in [-0.2, -0.15) is 0 Å². The number of thiazole rings is 2. The number of rotatable bonds is 4. The molecule has 4 rings (SSSR count). The third kappa shape index (κ3) is 2.54. The van der Waals surface area contributed by atoms with Crippen molar-refractivity contribution in [2.75, 3.05) is 0 Å². The molecule has 0 radical (unpaired) electrons. The topological polar surface area (TPSA) is 37.8 Å². The van der Waals surface area contributed by atoms with Crippen LogP contribution in [0.25, 0.3) is 0 Å². The van der Waals surface area contributed by atoms with Crippen LogP contribution in [-0.4, -0.2) is 16.0 Å². The predicted octanol–water partition coefficient (Wildman–Crippen LogP) is 3.63. The lowest BCUT2D eigenvalue weighted by atomic mass is 10.0. The van der Waals surface area contributed by atoms with Crippen LogP contribution in [-0.2, 0) is 12.8 Å². The second-order valence-electron chi connectivity index (χ2n) is 5.79. The SMILES string of the molecule is Cc1nc(C(NC2CC2)c2nc3c(s2)CCCC3)cs1. The van der Waals surface area contributed by atoms with Crippen molar-refractivity contribution in [3.8, 4) is 0 Å². The first-order chi connectivity index (χ1) is 9.79. The molecule has 0 amide bonds. The Bertz CT molecular complexity index is 589. The molecule has 0 spiro atoms. The van der Waals surface area contributed by atoms with Gasteiger partial charge in [0.1, 0.15) is 11.0 Å². The van der Waals surface area contributed by atoms with Gasteiger partial charge in [-0.05, 0) is 45.4 Å². The van der Waals surface area contributed by atoms with Crippen LogP contribution < -0.4 is 5.32 Å². The molecule has 0 saturated heterocycles.